The Hall–Kier alpha value is -2.70. The quantitative estimate of drug-likeness (QED) is 0.825. The van der Waals surface area contributed by atoms with E-state index in [1.165, 1.54) is 31.4 Å². The first-order valence-corrected chi connectivity index (χ1v) is 7.60. The van der Waals surface area contributed by atoms with Gasteiger partial charge in [-0.15, -0.1) is 0 Å². The molecule has 0 bridgehead atoms. The van der Waals surface area contributed by atoms with E-state index in [1.54, 1.807) is 11.6 Å². The van der Waals surface area contributed by atoms with Crippen molar-refractivity contribution in [3.8, 4) is 0 Å². The summed E-state index contributed by atoms with van der Waals surface area (Å²) in [6.45, 7) is 4.19. The lowest BCUT2D eigenvalue weighted by molar-refractivity contribution is -0.140. The summed E-state index contributed by atoms with van der Waals surface area (Å²) in [7, 11) is 1.36. The number of methoxy groups -OCH3 is 1. The van der Waals surface area contributed by atoms with Crippen LogP contribution in [0.2, 0.25) is 0 Å². The summed E-state index contributed by atoms with van der Waals surface area (Å²) in [5.74, 6) is -0.978. The van der Waals surface area contributed by atoms with Crippen molar-refractivity contribution in [2.24, 2.45) is 0 Å². The minimum atomic E-state index is -0.391. The predicted molar refractivity (Wildman–Crippen MR) is 87.3 cm³/mol. The van der Waals surface area contributed by atoms with Crippen molar-refractivity contribution < 1.29 is 18.7 Å². The van der Waals surface area contributed by atoms with Gasteiger partial charge in [0.1, 0.15) is 5.82 Å². The third kappa shape index (κ3) is 4.18. The van der Waals surface area contributed by atoms with Crippen LogP contribution in [0.5, 0.6) is 0 Å². The van der Waals surface area contributed by atoms with Crippen molar-refractivity contribution in [1.29, 1.82) is 0 Å². The van der Waals surface area contributed by atoms with Crippen molar-refractivity contribution in [3.05, 3.63) is 47.0 Å². The maximum atomic E-state index is 12.9. The number of hydrogen-bond donors (Lipinski definition) is 1. The highest BCUT2D eigenvalue weighted by Crippen LogP contribution is 2.21. The van der Waals surface area contributed by atoms with Gasteiger partial charge in [0.2, 0.25) is 0 Å². The fraction of sp³-hybridized carbons (Fsp3) is 0.353. The molecule has 24 heavy (non-hydrogen) atoms. The number of esters is 1. The fourth-order valence-electron chi connectivity index (χ4n) is 2.36. The van der Waals surface area contributed by atoms with Gasteiger partial charge < -0.3 is 10.1 Å². The SMILES string of the molecule is COC(=O)CCCn1nc(C)c(NC(=O)c2ccc(F)cc2)c1C. The summed E-state index contributed by atoms with van der Waals surface area (Å²) < 4.78 is 19.3. The third-order valence-corrected chi connectivity index (χ3v) is 3.70. The molecule has 0 aliphatic heterocycles. The number of rotatable bonds is 6. The molecule has 2 rings (SSSR count). The number of amides is 1. The number of ether oxygens (including phenoxy) is 1. The van der Waals surface area contributed by atoms with Gasteiger partial charge in [-0.2, -0.15) is 5.10 Å². The smallest absolute Gasteiger partial charge is 0.305 e. The highest BCUT2D eigenvalue weighted by molar-refractivity contribution is 6.04. The molecule has 1 heterocycles. The normalized spacial score (nSPS) is 10.5. The second kappa shape index (κ2) is 7.72. The first kappa shape index (κ1) is 17.7. The number of nitrogens with one attached hydrogen (secondary N) is 1. The maximum absolute atomic E-state index is 12.9. The lowest BCUT2D eigenvalue weighted by Crippen LogP contribution is -2.13. The van der Waals surface area contributed by atoms with Gasteiger partial charge in [-0.1, -0.05) is 0 Å². The Balaban J connectivity index is 2.06. The second-order valence-electron chi connectivity index (χ2n) is 5.41. The molecule has 0 unspecified atom stereocenters. The molecule has 0 aliphatic carbocycles. The molecule has 7 heteroatoms. The molecular formula is C17H20FN3O3. The van der Waals surface area contributed by atoms with Crippen LogP contribution < -0.4 is 5.32 Å². The zero-order chi connectivity index (χ0) is 17.7. The average Bonchev–Trinajstić information content (AvgIpc) is 2.83. The largest absolute Gasteiger partial charge is 0.469 e. The van der Waals surface area contributed by atoms with Crippen LogP contribution in [0.4, 0.5) is 10.1 Å². The molecule has 0 saturated heterocycles. The Bertz CT molecular complexity index is 738. The van der Waals surface area contributed by atoms with Crippen LogP contribution >= 0.6 is 0 Å². The summed E-state index contributed by atoms with van der Waals surface area (Å²) in [5.41, 5.74) is 2.48. The second-order valence-corrected chi connectivity index (χ2v) is 5.41. The summed E-state index contributed by atoms with van der Waals surface area (Å²) in [4.78, 5) is 23.4. The molecule has 1 aromatic heterocycles. The first-order valence-electron chi connectivity index (χ1n) is 7.60. The number of nitrogens with zero attached hydrogens (tertiary/aromatic N) is 2. The van der Waals surface area contributed by atoms with Gasteiger partial charge in [-0.05, 0) is 44.5 Å². The molecule has 128 valence electrons. The molecule has 1 amide bonds. The number of benzene rings is 1. The van der Waals surface area contributed by atoms with E-state index >= 15 is 0 Å². The fourth-order valence-corrected chi connectivity index (χ4v) is 2.36. The van der Waals surface area contributed by atoms with Gasteiger partial charge in [-0.25, -0.2) is 4.39 Å². The first-order chi connectivity index (χ1) is 11.4. The van der Waals surface area contributed by atoms with Crippen LogP contribution in [0.3, 0.4) is 0 Å². The molecule has 2 aromatic rings. The molecule has 1 N–H and O–H groups in total. The molecule has 0 atom stereocenters. The van der Waals surface area contributed by atoms with Crippen LogP contribution in [0.25, 0.3) is 0 Å². The van der Waals surface area contributed by atoms with E-state index in [4.69, 9.17) is 0 Å². The molecule has 0 fully saturated rings. The Kier molecular flexibility index (Phi) is 5.68. The van der Waals surface area contributed by atoms with Crippen LogP contribution in [0, 0.1) is 19.7 Å². The molecular weight excluding hydrogens is 313 g/mol. The molecule has 6 nitrogen and oxygen atoms in total. The van der Waals surface area contributed by atoms with E-state index in [0.29, 0.717) is 36.3 Å². The van der Waals surface area contributed by atoms with E-state index < -0.39 is 5.82 Å². The Morgan fingerprint density at radius 2 is 1.92 bits per heavy atom. The van der Waals surface area contributed by atoms with Crippen LogP contribution in [0.15, 0.2) is 24.3 Å². The average molecular weight is 333 g/mol. The Morgan fingerprint density at radius 1 is 1.25 bits per heavy atom. The van der Waals surface area contributed by atoms with E-state index in [0.717, 1.165) is 5.69 Å². The number of aromatic nitrogens is 2. The number of anilines is 1. The van der Waals surface area contributed by atoms with E-state index in [2.05, 4.69) is 15.2 Å². The van der Waals surface area contributed by atoms with E-state index in [1.807, 2.05) is 6.92 Å². The zero-order valence-corrected chi connectivity index (χ0v) is 13.9. The van der Waals surface area contributed by atoms with Crippen LogP contribution in [0.1, 0.15) is 34.6 Å². The van der Waals surface area contributed by atoms with Crippen LogP contribution in [-0.2, 0) is 16.1 Å². The van der Waals surface area contributed by atoms with Crippen molar-refractivity contribution in [2.75, 3.05) is 12.4 Å². The maximum Gasteiger partial charge on any atom is 0.305 e. The standard InChI is InChI=1S/C17H20FN3O3/c1-11-16(19-17(23)13-6-8-14(18)9-7-13)12(2)21(20-11)10-4-5-15(22)24-3/h6-9H,4-5,10H2,1-3H3,(H,19,23). The highest BCUT2D eigenvalue weighted by atomic mass is 19.1. The van der Waals surface area contributed by atoms with Gasteiger partial charge >= 0.3 is 5.97 Å². The molecule has 0 saturated carbocycles. The molecule has 0 spiro atoms. The summed E-state index contributed by atoms with van der Waals surface area (Å²) >= 11 is 0. The minimum absolute atomic E-state index is 0.263. The topological polar surface area (TPSA) is 73.2 Å². The minimum Gasteiger partial charge on any atom is -0.469 e. The van der Waals surface area contributed by atoms with Gasteiger partial charge in [0, 0.05) is 18.5 Å². The Labute approximate surface area is 139 Å². The number of hydrogen-bond acceptors (Lipinski definition) is 4. The van der Waals surface area contributed by atoms with Gasteiger partial charge in [0.05, 0.1) is 24.2 Å². The van der Waals surface area contributed by atoms with Gasteiger partial charge in [0.25, 0.3) is 5.91 Å². The van der Waals surface area contributed by atoms with Crippen molar-refractivity contribution in [3.63, 3.8) is 0 Å². The van der Waals surface area contributed by atoms with Crippen molar-refractivity contribution in [2.45, 2.75) is 33.2 Å². The van der Waals surface area contributed by atoms with E-state index in [-0.39, 0.29) is 11.9 Å². The van der Waals surface area contributed by atoms with Crippen molar-refractivity contribution >= 4 is 17.6 Å². The summed E-state index contributed by atoms with van der Waals surface area (Å²) in [6, 6.07) is 5.34. The lowest BCUT2D eigenvalue weighted by Gasteiger charge is -2.07. The van der Waals surface area contributed by atoms with Crippen molar-refractivity contribution in [1.82, 2.24) is 9.78 Å². The number of aryl methyl sites for hydroxylation is 2. The van der Waals surface area contributed by atoms with Crippen LogP contribution in [-0.4, -0.2) is 28.8 Å². The number of halogens is 1. The zero-order valence-electron chi connectivity index (χ0n) is 13.9. The predicted octanol–water partition coefficient (Wildman–Crippen LogP) is 2.84. The molecule has 1 aromatic carbocycles. The monoisotopic (exact) mass is 333 g/mol. The Morgan fingerprint density at radius 3 is 2.54 bits per heavy atom. The number of carbonyl (C=O) groups excluding carboxylic acids is 2. The van der Waals surface area contributed by atoms with E-state index in [9.17, 15) is 14.0 Å². The van der Waals surface area contributed by atoms with Gasteiger partial charge in [-0.3, -0.25) is 14.3 Å². The van der Waals surface area contributed by atoms with Gasteiger partial charge in [0.15, 0.2) is 0 Å². The molecule has 0 radical (unpaired) electrons. The molecule has 0 aliphatic rings. The summed E-state index contributed by atoms with van der Waals surface area (Å²) in [6.07, 6.45) is 0.909. The third-order valence-electron chi connectivity index (χ3n) is 3.70. The lowest BCUT2D eigenvalue weighted by atomic mass is 10.2. The summed E-state index contributed by atoms with van der Waals surface area (Å²) in [5, 5.41) is 7.19. The number of carbonyl (C=O) groups is 2. The highest BCUT2D eigenvalue weighted by Gasteiger charge is 2.15.